The first-order chi connectivity index (χ1) is 8.75. The lowest BCUT2D eigenvalue weighted by molar-refractivity contribution is -0.119. The number of carbonyl (C=O) groups excluding carboxylic acids is 1. The number of rotatable bonds is 5. The van der Waals surface area contributed by atoms with Gasteiger partial charge in [-0.1, -0.05) is 18.2 Å². The Balaban J connectivity index is 1.79. The summed E-state index contributed by atoms with van der Waals surface area (Å²) in [7, 11) is 0. The fraction of sp³-hybridized carbons (Fsp3) is 0.231. The molecule has 0 aliphatic carbocycles. The van der Waals surface area contributed by atoms with Crippen LogP contribution in [0.15, 0.2) is 47.6 Å². The van der Waals surface area contributed by atoms with E-state index in [0.717, 1.165) is 10.7 Å². The smallest absolute Gasteiger partial charge is 0.230 e. The molecular formula is C13H15N3OS. The van der Waals surface area contributed by atoms with Gasteiger partial charge in [-0.25, -0.2) is 4.98 Å². The number of nitrogens with one attached hydrogen (secondary N) is 2. The van der Waals surface area contributed by atoms with Crippen molar-refractivity contribution in [1.82, 2.24) is 15.3 Å². The van der Waals surface area contributed by atoms with Crippen LogP contribution in [0.3, 0.4) is 0 Å². The molecule has 0 saturated heterocycles. The highest BCUT2D eigenvalue weighted by Crippen LogP contribution is 2.16. The quantitative estimate of drug-likeness (QED) is 0.812. The minimum Gasteiger partial charge on any atom is -0.347 e. The van der Waals surface area contributed by atoms with Gasteiger partial charge in [-0.3, -0.25) is 4.79 Å². The maximum atomic E-state index is 11.7. The van der Waals surface area contributed by atoms with Crippen LogP contribution >= 0.6 is 11.8 Å². The molecule has 0 aliphatic rings. The summed E-state index contributed by atoms with van der Waals surface area (Å²) in [5.41, 5.74) is 0. The Labute approximate surface area is 110 Å². The largest absolute Gasteiger partial charge is 0.347 e. The molecule has 2 aromatic rings. The zero-order chi connectivity index (χ0) is 12.8. The van der Waals surface area contributed by atoms with Crippen LogP contribution in [0.1, 0.15) is 18.8 Å². The predicted molar refractivity (Wildman–Crippen MR) is 72.3 cm³/mol. The molecule has 4 nitrogen and oxygen atoms in total. The molecule has 2 N–H and O–H groups in total. The molecule has 1 heterocycles. The fourth-order valence-corrected chi connectivity index (χ4v) is 2.26. The van der Waals surface area contributed by atoms with Crippen LogP contribution in [0, 0.1) is 0 Å². The second kappa shape index (κ2) is 6.26. The van der Waals surface area contributed by atoms with Crippen LogP contribution in [0.2, 0.25) is 0 Å². The molecule has 18 heavy (non-hydrogen) atoms. The Bertz CT molecular complexity index is 484. The van der Waals surface area contributed by atoms with Crippen molar-refractivity contribution in [2.45, 2.75) is 17.9 Å². The summed E-state index contributed by atoms with van der Waals surface area (Å²) in [6.07, 6.45) is 3.42. The number of nitrogens with zero attached hydrogens (tertiary/aromatic N) is 1. The Hall–Kier alpha value is -1.75. The van der Waals surface area contributed by atoms with Crippen LogP contribution < -0.4 is 5.32 Å². The standard InChI is InChI=1S/C13H15N3OS/c1-10(13-14-7-8-15-13)16-12(17)9-18-11-5-3-2-4-6-11/h2-8,10H,9H2,1H3,(H,14,15)(H,16,17). The zero-order valence-corrected chi connectivity index (χ0v) is 10.9. The highest BCUT2D eigenvalue weighted by Gasteiger charge is 2.11. The number of aromatic amines is 1. The average molecular weight is 261 g/mol. The number of H-pyrrole nitrogens is 1. The molecule has 0 spiro atoms. The third kappa shape index (κ3) is 3.63. The molecule has 1 atom stereocenters. The van der Waals surface area contributed by atoms with E-state index in [4.69, 9.17) is 0 Å². The van der Waals surface area contributed by atoms with Crippen molar-refractivity contribution in [3.63, 3.8) is 0 Å². The minimum atomic E-state index is -0.0936. The molecule has 0 bridgehead atoms. The second-order valence-electron chi connectivity index (χ2n) is 3.87. The molecule has 0 saturated carbocycles. The van der Waals surface area contributed by atoms with E-state index in [0.29, 0.717) is 5.75 Å². The Morgan fingerprint density at radius 2 is 2.22 bits per heavy atom. The number of hydrogen-bond donors (Lipinski definition) is 2. The molecule has 1 aromatic heterocycles. The number of carbonyl (C=O) groups is 1. The van der Waals surface area contributed by atoms with E-state index in [1.165, 1.54) is 11.8 Å². The van der Waals surface area contributed by atoms with Gasteiger partial charge in [-0.05, 0) is 19.1 Å². The summed E-state index contributed by atoms with van der Waals surface area (Å²) < 4.78 is 0. The van der Waals surface area contributed by atoms with Gasteiger partial charge < -0.3 is 10.3 Å². The summed E-state index contributed by atoms with van der Waals surface area (Å²) in [6.45, 7) is 1.91. The van der Waals surface area contributed by atoms with Gasteiger partial charge >= 0.3 is 0 Å². The van der Waals surface area contributed by atoms with Crippen molar-refractivity contribution in [2.24, 2.45) is 0 Å². The molecule has 5 heteroatoms. The number of hydrogen-bond acceptors (Lipinski definition) is 3. The van der Waals surface area contributed by atoms with Crippen LogP contribution in [0.5, 0.6) is 0 Å². The average Bonchev–Trinajstić information content (AvgIpc) is 2.91. The number of benzene rings is 1. The highest BCUT2D eigenvalue weighted by atomic mass is 32.2. The topological polar surface area (TPSA) is 57.8 Å². The van der Waals surface area contributed by atoms with Crippen LogP contribution in [-0.4, -0.2) is 21.6 Å². The highest BCUT2D eigenvalue weighted by molar-refractivity contribution is 8.00. The zero-order valence-electron chi connectivity index (χ0n) is 10.1. The van der Waals surface area contributed by atoms with E-state index in [1.807, 2.05) is 37.3 Å². The van der Waals surface area contributed by atoms with Crippen LogP contribution in [-0.2, 0) is 4.79 Å². The Kier molecular flexibility index (Phi) is 4.41. The third-order valence-corrected chi connectivity index (χ3v) is 3.43. The lowest BCUT2D eigenvalue weighted by atomic mass is 10.3. The van der Waals surface area contributed by atoms with Gasteiger partial charge in [-0.2, -0.15) is 0 Å². The van der Waals surface area contributed by atoms with E-state index in [-0.39, 0.29) is 11.9 Å². The summed E-state index contributed by atoms with van der Waals surface area (Å²) in [6, 6.07) is 9.78. The second-order valence-corrected chi connectivity index (χ2v) is 4.91. The van der Waals surface area contributed by atoms with E-state index in [2.05, 4.69) is 15.3 Å². The van der Waals surface area contributed by atoms with Crippen molar-refractivity contribution in [1.29, 1.82) is 0 Å². The molecule has 0 fully saturated rings. The number of amides is 1. The molecule has 0 aliphatic heterocycles. The molecule has 2 rings (SSSR count). The van der Waals surface area contributed by atoms with Gasteiger partial charge in [0.25, 0.3) is 0 Å². The maximum Gasteiger partial charge on any atom is 0.230 e. The van der Waals surface area contributed by atoms with Gasteiger partial charge in [0, 0.05) is 17.3 Å². The third-order valence-electron chi connectivity index (χ3n) is 2.42. The first-order valence-corrected chi connectivity index (χ1v) is 6.71. The van der Waals surface area contributed by atoms with Gasteiger partial charge in [0.2, 0.25) is 5.91 Å². The van der Waals surface area contributed by atoms with Crippen molar-refractivity contribution in [3.05, 3.63) is 48.5 Å². The SMILES string of the molecule is CC(NC(=O)CSc1ccccc1)c1ncc[nH]1. The molecule has 1 aromatic carbocycles. The summed E-state index contributed by atoms with van der Waals surface area (Å²) in [5, 5.41) is 2.90. The monoisotopic (exact) mass is 261 g/mol. The minimum absolute atomic E-state index is 0.00718. The number of aromatic nitrogens is 2. The summed E-state index contributed by atoms with van der Waals surface area (Å²) in [5.74, 6) is 1.19. The Morgan fingerprint density at radius 3 is 2.89 bits per heavy atom. The van der Waals surface area contributed by atoms with Crippen molar-refractivity contribution < 1.29 is 4.79 Å². The first kappa shape index (κ1) is 12.7. The van der Waals surface area contributed by atoms with Crippen LogP contribution in [0.25, 0.3) is 0 Å². The molecular weight excluding hydrogens is 246 g/mol. The lowest BCUT2D eigenvalue weighted by Crippen LogP contribution is -2.28. The van der Waals surface area contributed by atoms with E-state index < -0.39 is 0 Å². The predicted octanol–water partition coefficient (Wildman–Crippen LogP) is 2.38. The van der Waals surface area contributed by atoms with Crippen molar-refractivity contribution >= 4 is 17.7 Å². The van der Waals surface area contributed by atoms with E-state index in [9.17, 15) is 4.79 Å². The molecule has 94 valence electrons. The van der Waals surface area contributed by atoms with Crippen molar-refractivity contribution in [2.75, 3.05) is 5.75 Å². The Morgan fingerprint density at radius 1 is 1.44 bits per heavy atom. The summed E-state index contributed by atoms with van der Waals surface area (Å²) >= 11 is 1.53. The first-order valence-electron chi connectivity index (χ1n) is 5.72. The van der Waals surface area contributed by atoms with Gasteiger partial charge in [0.15, 0.2) is 0 Å². The van der Waals surface area contributed by atoms with Crippen molar-refractivity contribution in [3.8, 4) is 0 Å². The summed E-state index contributed by atoms with van der Waals surface area (Å²) in [4.78, 5) is 19.9. The fourth-order valence-electron chi connectivity index (χ4n) is 1.53. The normalized spacial score (nSPS) is 12.1. The molecule has 1 unspecified atom stereocenters. The van der Waals surface area contributed by atoms with E-state index >= 15 is 0 Å². The maximum absolute atomic E-state index is 11.7. The van der Waals surface area contributed by atoms with Gasteiger partial charge in [-0.15, -0.1) is 11.8 Å². The van der Waals surface area contributed by atoms with Gasteiger partial charge in [0.1, 0.15) is 5.82 Å². The van der Waals surface area contributed by atoms with Crippen LogP contribution in [0.4, 0.5) is 0 Å². The number of imidazole rings is 1. The van der Waals surface area contributed by atoms with Gasteiger partial charge in [0.05, 0.1) is 11.8 Å². The number of thioether (sulfide) groups is 1. The van der Waals surface area contributed by atoms with E-state index in [1.54, 1.807) is 12.4 Å². The lowest BCUT2D eigenvalue weighted by Gasteiger charge is -2.11. The molecule has 0 radical (unpaired) electrons. The molecule has 1 amide bonds.